The Kier molecular flexibility index (Phi) is 5.36. The lowest BCUT2D eigenvalue weighted by Crippen LogP contribution is -2.24. The van der Waals surface area contributed by atoms with Crippen molar-refractivity contribution in [3.05, 3.63) is 81.2 Å². The summed E-state index contributed by atoms with van der Waals surface area (Å²) in [6.45, 7) is 0. The fourth-order valence-electron chi connectivity index (χ4n) is 2.18. The standard InChI is InChI=1S/C18H12ClF3N4O2/c19-12-5-7-13(8-6-12)28-14-4-2-1-3-11(14)10-24-26-16(27)9-15(18(20,21)22)25-17(26)23/h1-10H,(H2,23,25). The molecule has 3 aromatic rings. The lowest BCUT2D eigenvalue weighted by molar-refractivity contribution is -0.141. The number of rotatable bonds is 4. The monoisotopic (exact) mass is 408 g/mol. The number of benzene rings is 2. The predicted octanol–water partition coefficient (Wildman–Crippen LogP) is 4.17. The Morgan fingerprint density at radius 3 is 2.46 bits per heavy atom. The van der Waals surface area contributed by atoms with Crippen molar-refractivity contribution in [3.63, 3.8) is 0 Å². The highest BCUT2D eigenvalue weighted by Gasteiger charge is 2.33. The Balaban J connectivity index is 1.91. The molecular weight excluding hydrogens is 397 g/mol. The molecule has 0 amide bonds. The Hall–Kier alpha value is -3.33. The number of nitrogens with two attached hydrogens (primary N) is 1. The van der Waals surface area contributed by atoms with Gasteiger partial charge in [-0.3, -0.25) is 4.79 Å². The van der Waals surface area contributed by atoms with Crippen LogP contribution in [0.25, 0.3) is 0 Å². The summed E-state index contributed by atoms with van der Waals surface area (Å²) in [6, 6.07) is 13.7. The number of halogens is 4. The molecular formula is C18H12ClF3N4O2. The molecule has 0 atom stereocenters. The van der Waals surface area contributed by atoms with E-state index in [1.54, 1.807) is 48.5 Å². The van der Waals surface area contributed by atoms with Crippen LogP contribution >= 0.6 is 11.6 Å². The van der Waals surface area contributed by atoms with Gasteiger partial charge in [-0.25, -0.2) is 4.98 Å². The molecule has 0 bridgehead atoms. The molecule has 0 saturated heterocycles. The first-order valence-electron chi connectivity index (χ1n) is 7.77. The van der Waals surface area contributed by atoms with Gasteiger partial charge >= 0.3 is 6.18 Å². The summed E-state index contributed by atoms with van der Waals surface area (Å²) in [6.07, 6.45) is -3.55. The number of ether oxygens (including phenoxy) is 1. The first-order chi connectivity index (χ1) is 13.2. The highest BCUT2D eigenvalue weighted by Crippen LogP contribution is 2.27. The maximum atomic E-state index is 12.7. The quantitative estimate of drug-likeness (QED) is 0.657. The molecule has 0 saturated carbocycles. The molecule has 144 valence electrons. The van der Waals surface area contributed by atoms with Crippen LogP contribution in [-0.2, 0) is 6.18 Å². The van der Waals surface area contributed by atoms with E-state index in [4.69, 9.17) is 22.1 Å². The first kappa shape index (κ1) is 19.4. The van der Waals surface area contributed by atoms with Gasteiger partial charge in [-0.2, -0.15) is 22.9 Å². The lowest BCUT2D eigenvalue weighted by Gasteiger charge is -2.09. The second kappa shape index (κ2) is 7.73. The minimum Gasteiger partial charge on any atom is -0.457 e. The van der Waals surface area contributed by atoms with E-state index in [9.17, 15) is 18.0 Å². The molecule has 0 aliphatic heterocycles. The minimum atomic E-state index is -4.78. The third-order valence-electron chi connectivity index (χ3n) is 3.48. The molecule has 2 N–H and O–H groups in total. The van der Waals surface area contributed by atoms with Crippen molar-refractivity contribution in [1.82, 2.24) is 9.66 Å². The van der Waals surface area contributed by atoms with Crippen molar-refractivity contribution in [2.75, 3.05) is 5.73 Å². The van der Waals surface area contributed by atoms with E-state index >= 15 is 0 Å². The van der Waals surface area contributed by atoms with E-state index in [0.717, 1.165) is 0 Å². The molecule has 1 heterocycles. The Labute approximate surface area is 161 Å². The van der Waals surface area contributed by atoms with Gasteiger partial charge in [0.1, 0.15) is 11.5 Å². The molecule has 0 aliphatic carbocycles. The summed E-state index contributed by atoms with van der Waals surface area (Å²) in [5, 5.41) is 4.39. The van der Waals surface area contributed by atoms with Crippen LogP contribution in [0.15, 0.2) is 64.5 Å². The summed E-state index contributed by atoms with van der Waals surface area (Å²) in [5.41, 5.74) is 3.47. The number of para-hydroxylation sites is 1. The average molecular weight is 409 g/mol. The number of nitrogen functional groups attached to an aromatic ring is 1. The van der Waals surface area contributed by atoms with Crippen LogP contribution in [0.3, 0.4) is 0 Å². The van der Waals surface area contributed by atoms with Crippen molar-refractivity contribution < 1.29 is 17.9 Å². The maximum absolute atomic E-state index is 12.7. The minimum absolute atomic E-state index is 0.323. The third-order valence-corrected chi connectivity index (χ3v) is 3.74. The second-order valence-electron chi connectivity index (χ2n) is 5.49. The van der Waals surface area contributed by atoms with E-state index < -0.39 is 23.4 Å². The SMILES string of the molecule is Nc1nc(C(F)(F)F)cc(=O)n1N=Cc1ccccc1Oc1ccc(Cl)cc1. The van der Waals surface area contributed by atoms with Gasteiger partial charge in [-0.15, -0.1) is 0 Å². The van der Waals surface area contributed by atoms with Crippen LogP contribution in [0.4, 0.5) is 19.1 Å². The largest absolute Gasteiger partial charge is 0.457 e. The van der Waals surface area contributed by atoms with Gasteiger partial charge in [0.05, 0.1) is 6.21 Å². The molecule has 0 radical (unpaired) electrons. The Bertz CT molecular complexity index is 1080. The number of alkyl halides is 3. The van der Waals surface area contributed by atoms with Gasteiger partial charge in [0.2, 0.25) is 5.95 Å². The second-order valence-corrected chi connectivity index (χ2v) is 5.92. The topological polar surface area (TPSA) is 82.5 Å². The van der Waals surface area contributed by atoms with Crippen molar-refractivity contribution in [3.8, 4) is 11.5 Å². The summed E-state index contributed by atoms with van der Waals surface area (Å²) in [5.74, 6) is 0.227. The van der Waals surface area contributed by atoms with Crippen molar-refractivity contribution in [1.29, 1.82) is 0 Å². The molecule has 2 aromatic carbocycles. The van der Waals surface area contributed by atoms with E-state index in [-0.39, 0.29) is 0 Å². The maximum Gasteiger partial charge on any atom is 0.433 e. The zero-order valence-electron chi connectivity index (χ0n) is 14.0. The van der Waals surface area contributed by atoms with Crippen LogP contribution in [0.1, 0.15) is 11.3 Å². The molecule has 0 fully saturated rings. The van der Waals surface area contributed by atoms with Crippen LogP contribution in [-0.4, -0.2) is 15.9 Å². The number of anilines is 1. The van der Waals surface area contributed by atoms with Crippen molar-refractivity contribution in [2.45, 2.75) is 6.18 Å². The molecule has 6 nitrogen and oxygen atoms in total. The van der Waals surface area contributed by atoms with Gasteiger partial charge in [-0.1, -0.05) is 23.7 Å². The number of hydrogen-bond donors (Lipinski definition) is 1. The van der Waals surface area contributed by atoms with Gasteiger partial charge in [0.25, 0.3) is 5.56 Å². The lowest BCUT2D eigenvalue weighted by atomic mass is 10.2. The highest BCUT2D eigenvalue weighted by atomic mass is 35.5. The zero-order valence-corrected chi connectivity index (χ0v) is 14.8. The van der Waals surface area contributed by atoms with Crippen LogP contribution in [0, 0.1) is 0 Å². The molecule has 3 rings (SSSR count). The Morgan fingerprint density at radius 1 is 1.14 bits per heavy atom. The van der Waals surface area contributed by atoms with Crippen LogP contribution in [0.5, 0.6) is 11.5 Å². The van der Waals surface area contributed by atoms with Gasteiger partial charge in [-0.05, 0) is 36.4 Å². The fraction of sp³-hybridized carbons (Fsp3) is 0.0556. The molecule has 0 unspecified atom stereocenters. The highest BCUT2D eigenvalue weighted by molar-refractivity contribution is 6.30. The molecule has 10 heteroatoms. The first-order valence-corrected chi connectivity index (χ1v) is 8.15. The Morgan fingerprint density at radius 2 is 1.82 bits per heavy atom. The molecule has 0 aliphatic rings. The molecule has 28 heavy (non-hydrogen) atoms. The number of aromatic nitrogens is 2. The zero-order chi connectivity index (χ0) is 20.3. The molecule has 1 aromatic heterocycles. The van der Waals surface area contributed by atoms with Crippen LogP contribution in [0.2, 0.25) is 5.02 Å². The summed E-state index contributed by atoms with van der Waals surface area (Å²) in [4.78, 5) is 15.1. The number of hydrogen-bond acceptors (Lipinski definition) is 5. The van der Waals surface area contributed by atoms with Gasteiger partial charge < -0.3 is 10.5 Å². The van der Waals surface area contributed by atoms with E-state index in [2.05, 4.69) is 10.1 Å². The normalized spacial score (nSPS) is 11.7. The predicted molar refractivity (Wildman–Crippen MR) is 98.9 cm³/mol. The average Bonchev–Trinajstić information content (AvgIpc) is 2.63. The van der Waals surface area contributed by atoms with Gasteiger partial charge in [0.15, 0.2) is 5.69 Å². The van der Waals surface area contributed by atoms with E-state index in [1.807, 2.05) is 0 Å². The third kappa shape index (κ3) is 4.49. The number of nitrogens with zero attached hydrogens (tertiary/aromatic N) is 3. The van der Waals surface area contributed by atoms with E-state index in [1.165, 1.54) is 6.21 Å². The van der Waals surface area contributed by atoms with Gasteiger partial charge in [0, 0.05) is 16.7 Å². The summed E-state index contributed by atoms with van der Waals surface area (Å²) < 4.78 is 44.4. The summed E-state index contributed by atoms with van der Waals surface area (Å²) >= 11 is 5.84. The van der Waals surface area contributed by atoms with E-state index in [0.29, 0.717) is 32.8 Å². The fourth-order valence-corrected chi connectivity index (χ4v) is 2.31. The summed E-state index contributed by atoms with van der Waals surface area (Å²) in [7, 11) is 0. The van der Waals surface area contributed by atoms with Crippen molar-refractivity contribution in [2.24, 2.45) is 5.10 Å². The molecule has 0 spiro atoms. The van der Waals surface area contributed by atoms with Crippen LogP contribution < -0.4 is 16.0 Å². The smallest absolute Gasteiger partial charge is 0.433 e. The van der Waals surface area contributed by atoms with Crippen molar-refractivity contribution >= 4 is 23.8 Å².